The molecule has 0 aliphatic carbocycles. The summed E-state index contributed by atoms with van der Waals surface area (Å²) < 4.78 is 63.0. The zero-order valence-electron chi connectivity index (χ0n) is 43.7. The highest BCUT2D eigenvalue weighted by molar-refractivity contribution is 5.72. The molecule has 19 atom stereocenters. The molecule has 0 unspecified atom stereocenters. The van der Waals surface area contributed by atoms with Crippen molar-refractivity contribution in [3.05, 3.63) is 24.3 Å². The van der Waals surface area contributed by atoms with E-state index in [1.807, 2.05) is 66.1 Å². The number of aliphatic hydroxyl groups is 2. The molecule has 3 saturated heterocycles. The van der Waals surface area contributed by atoms with Gasteiger partial charge in [-0.2, -0.15) is 0 Å². The van der Waals surface area contributed by atoms with Crippen LogP contribution in [0.15, 0.2) is 24.3 Å². The number of carbonyl (C=O) groups excluding carboxylic acids is 4. The molecule has 0 aromatic carbocycles. The molecule has 18 heteroatoms. The Morgan fingerprint density at radius 3 is 2.17 bits per heavy atom. The Morgan fingerprint density at radius 1 is 0.884 bits per heavy atom. The molecule has 18 nitrogen and oxygen atoms in total. The van der Waals surface area contributed by atoms with Crippen LogP contribution in [0.25, 0.3) is 0 Å². The molecule has 0 bridgehead atoms. The van der Waals surface area contributed by atoms with Gasteiger partial charge in [0.25, 0.3) is 0 Å². The molecule has 4 aliphatic heterocycles. The molecule has 0 saturated carbocycles. The van der Waals surface area contributed by atoms with Crippen LogP contribution in [0.3, 0.4) is 0 Å². The number of aliphatic hydroxyl groups excluding tert-OH is 1. The lowest BCUT2D eigenvalue weighted by molar-refractivity contribution is -0.344. The monoisotopic (exact) mass is 983 g/mol. The first-order chi connectivity index (χ1) is 32.5. The van der Waals surface area contributed by atoms with Crippen LogP contribution in [-0.4, -0.2) is 183 Å². The van der Waals surface area contributed by atoms with E-state index in [2.05, 4.69) is 4.90 Å². The number of hydrogen-bond acceptors (Lipinski definition) is 18. The van der Waals surface area contributed by atoms with Crippen molar-refractivity contribution in [3.63, 3.8) is 0 Å². The number of allylic oxidation sites excluding steroid dienone is 2. The van der Waals surface area contributed by atoms with Gasteiger partial charge in [0.2, 0.25) is 0 Å². The van der Waals surface area contributed by atoms with Gasteiger partial charge in [-0.05, 0) is 99.8 Å². The van der Waals surface area contributed by atoms with Gasteiger partial charge in [0.05, 0.1) is 43.0 Å². The van der Waals surface area contributed by atoms with Gasteiger partial charge >= 0.3 is 17.9 Å². The van der Waals surface area contributed by atoms with Gasteiger partial charge < -0.3 is 72.2 Å². The van der Waals surface area contributed by atoms with E-state index in [1.165, 1.54) is 7.11 Å². The van der Waals surface area contributed by atoms with E-state index in [-0.39, 0.29) is 56.1 Å². The third-order valence-corrected chi connectivity index (χ3v) is 13.7. The van der Waals surface area contributed by atoms with E-state index in [0.29, 0.717) is 19.3 Å². The van der Waals surface area contributed by atoms with Crippen molar-refractivity contribution in [2.24, 2.45) is 17.8 Å². The maximum Gasteiger partial charge on any atom is 0.309 e. The van der Waals surface area contributed by atoms with E-state index in [1.54, 1.807) is 53.6 Å². The number of likely N-dealkylation sites (N-methyl/N-ethyl adjacent to an activating group) is 2. The number of ether oxygens (including phenoxy) is 10. The average Bonchev–Trinajstić information content (AvgIpc) is 3.24. The second-order valence-corrected chi connectivity index (χ2v) is 20.7. The Balaban J connectivity index is 1.71. The molecule has 69 heavy (non-hydrogen) atoms. The first kappa shape index (κ1) is 58.7. The summed E-state index contributed by atoms with van der Waals surface area (Å²) in [5, 5.41) is 24.0. The zero-order valence-corrected chi connectivity index (χ0v) is 43.7. The minimum atomic E-state index is -1.51. The van der Waals surface area contributed by atoms with Gasteiger partial charge in [-0.3, -0.25) is 14.4 Å². The highest BCUT2D eigenvalue weighted by atomic mass is 16.7. The first-order valence-electron chi connectivity index (χ1n) is 25.0. The fraction of sp³-hybridized carbons (Fsp3) is 0.843. The SMILES string of the molecule is CCC(=O)O[C@@H]1CC(=O)O[C@H](C)C/C=C/C=C/[C@H](O[C@H]2CC[C@H](N(C)C)[C@@H](C)O2)[C@H](C)C[C@@H](CC=O)[C@@H](O[C@@H]2O[C@H](C)[C@@H](O[C@H]3C[C@@](C)(O)[C@@H](OC(=O)CC(C)C)[C@H](C)O3)[C@H](N(C)C)[C@H]2O)[C@H]1OC. The second-order valence-electron chi connectivity index (χ2n) is 20.7. The predicted molar refractivity (Wildman–Crippen MR) is 254 cm³/mol. The average molecular weight is 983 g/mol. The molecule has 2 N–H and O–H groups in total. The van der Waals surface area contributed by atoms with Gasteiger partial charge in [0, 0.05) is 45.3 Å². The molecule has 4 aliphatic rings. The van der Waals surface area contributed by atoms with E-state index in [9.17, 15) is 29.4 Å². The zero-order chi connectivity index (χ0) is 51.3. The minimum Gasteiger partial charge on any atom is -0.462 e. The summed E-state index contributed by atoms with van der Waals surface area (Å²) in [5.74, 6) is -2.53. The summed E-state index contributed by atoms with van der Waals surface area (Å²) in [6.45, 7) is 16.3. The summed E-state index contributed by atoms with van der Waals surface area (Å²) >= 11 is 0. The van der Waals surface area contributed by atoms with E-state index < -0.39 is 115 Å². The Morgan fingerprint density at radius 2 is 1.58 bits per heavy atom. The third-order valence-electron chi connectivity index (χ3n) is 13.7. The largest absolute Gasteiger partial charge is 0.462 e. The molecule has 0 amide bonds. The summed E-state index contributed by atoms with van der Waals surface area (Å²) in [4.78, 5) is 56.1. The molecule has 0 aromatic rings. The van der Waals surface area contributed by atoms with Crippen LogP contribution in [0, 0.1) is 17.8 Å². The van der Waals surface area contributed by atoms with Crippen molar-refractivity contribution < 1.29 is 76.8 Å². The number of rotatable bonds is 16. The van der Waals surface area contributed by atoms with Crippen molar-refractivity contribution in [2.75, 3.05) is 35.3 Å². The van der Waals surface area contributed by atoms with Crippen molar-refractivity contribution in [1.82, 2.24) is 9.80 Å². The quantitative estimate of drug-likeness (QED) is 0.120. The van der Waals surface area contributed by atoms with E-state index in [0.717, 1.165) is 12.7 Å². The van der Waals surface area contributed by atoms with Crippen LogP contribution in [0.4, 0.5) is 0 Å². The van der Waals surface area contributed by atoms with Gasteiger partial charge in [0.1, 0.15) is 42.4 Å². The minimum absolute atomic E-state index is 0.00271. The maximum absolute atomic E-state index is 13.6. The van der Waals surface area contributed by atoms with Crippen LogP contribution >= 0.6 is 0 Å². The molecular formula is C51H86N2O16. The van der Waals surface area contributed by atoms with Crippen molar-refractivity contribution >= 4 is 24.2 Å². The molecule has 0 aromatic heterocycles. The number of methoxy groups -OCH3 is 1. The van der Waals surface area contributed by atoms with Crippen LogP contribution in [0.1, 0.15) is 120 Å². The Hall–Kier alpha value is -2.88. The Kier molecular flexibility index (Phi) is 23.2. The fourth-order valence-corrected chi connectivity index (χ4v) is 10.2. The highest BCUT2D eigenvalue weighted by Crippen LogP contribution is 2.38. The van der Waals surface area contributed by atoms with Crippen LogP contribution in [0.2, 0.25) is 0 Å². The van der Waals surface area contributed by atoms with E-state index in [4.69, 9.17) is 47.4 Å². The second kappa shape index (κ2) is 27.3. The Bertz CT molecular complexity index is 1680. The molecule has 4 rings (SSSR count). The smallest absolute Gasteiger partial charge is 0.309 e. The number of esters is 3. The predicted octanol–water partition coefficient (Wildman–Crippen LogP) is 4.88. The summed E-state index contributed by atoms with van der Waals surface area (Å²) in [7, 11) is 9.03. The molecule has 0 spiro atoms. The topological polar surface area (TPSA) is 208 Å². The number of cyclic esters (lactones) is 1. The molecule has 396 valence electrons. The van der Waals surface area contributed by atoms with Gasteiger partial charge in [-0.1, -0.05) is 52.0 Å². The molecule has 3 fully saturated rings. The lowest BCUT2D eigenvalue weighted by Gasteiger charge is -2.50. The number of nitrogens with zero attached hydrogens (tertiary/aromatic N) is 2. The summed E-state index contributed by atoms with van der Waals surface area (Å²) in [5.41, 5.74) is -1.51. The van der Waals surface area contributed by atoms with E-state index >= 15 is 0 Å². The van der Waals surface area contributed by atoms with Crippen LogP contribution < -0.4 is 0 Å². The van der Waals surface area contributed by atoms with Crippen molar-refractivity contribution in [1.29, 1.82) is 0 Å². The standard InChI is InChI=1S/C51H86N2O16/c1-15-39(55)65-38-27-41(57)61-31(5)19-17-16-18-20-37(66-42-22-21-36(52(10)11)32(6)62-42)30(4)26-35(23-24-54)47(48(38)60-14)69-50-45(58)44(53(12)13)46(33(7)64-50)68-43-28-51(9,59)49(34(8)63-43)67-40(56)25-29(2)3/h16-18,20,24,29-38,42-50,58-59H,15,19,21-23,25-28H2,1-14H3/b17-16+,20-18+/t30-,31-,32-,33-,34+,35-,36+,37+,38-,42+,43+,44-,45-,46-,47-,48+,49+,50+,51-/m1/s1. The van der Waals surface area contributed by atoms with Gasteiger partial charge in [-0.15, -0.1) is 0 Å². The molecule has 0 radical (unpaired) electrons. The van der Waals surface area contributed by atoms with Crippen molar-refractivity contribution in [2.45, 2.75) is 224 Å². The summed E-state index contributed by atoms with van der Waals surface area (Å²) in [6.07, 6.45) is -1.73. The normalized spacial score (nSPS) is 40.8. The highest BCUT2D eigenvalue weighted by Gasteiger charge is 2.53. The van der Waals surface area contributed by atoms with Gasteiger partial charge in [-0.25, -0.2) is 0 Å². The lowest BCUT2D eigenvalue weighted by Crippen LogP contribution is -2.66. The number of hydrogen-bond donors (Lipinski definition) is 2. The molecule has 4 heterocycles. The van der Waals surface area contributed by atoms with Crippen LogP contribution in [-0.2, 0) is 66.5 Å². The Labute approximate surface area is 410 Å². The van der Waals surface area contributed by atoms with Crippen LogP contribution in [0.5, 0.6) is 0 Å². The summed E-state index contributed by atoms with van der Waals surface area (Å²) in [6, 6.07) is -0.551. The van der Waals surface area contributed by atoms with Gasteiger partial charge in [0.15, 0.2) is 25.0 Å². The van der Waals surface area contributed by atoms with Crippen molar-refractivity contribution in [3.8, 4) is 0 Å². The lowest BCUT2D eigenvalue weighted by atomic mass is 9.82. The first-order valence-corrected chi connectivity index (χ1v) is 25.0. The number of aldehydes is 1. The third kappa shape index (κ3) is 16.8. The fourth-order valence-electron chi connectivity index (χ4n) is 10.2. The number of carbonyl (C=O) groups is 4. The molecular weight excluding hydrogens is 897 g/mol. The maximum atomic E-state index is 13.6.